The molecule has 2 aromatic carbocycles. The van der Waals surface area contributed by atoms with E-state index in [1.54, 1.807) is 13.2 Å². The van der Waals surface area contributed by atoms with Gasteiger partial charge in [0.15, 0.2) is 0 Å². The summed E-state index contributed by atoms with van der Waals surface area (Å²) in [6.07, 6.45) is 0. The third kappa shape index (κ3) is 3.56. The van der Waals surface area contributed by atoms with Gasteiger partial charge in [0.1, 0.15) is 11.5 Å². The number of phenols is 1. The van der Waals surface area contributed by atoms with Gasteiger partial charge in [-0.15, -0.1) is 0 Å². The van der Waals surface area contributed by atoms with Crippen molar-refractivity contribution in [2.75, 3.05) is 14.2 Å². The highest BCUT2D eigenvalue weighted by atomic mass is 16.5. The first kappa shape index (κ1) is 15.4. The Morgan fingerprint density at radius 1 is 1.19 bits per heavy atom. The third-order valence-electron chi connectivity index (χ3n) is 3.90. The number of phenolic OH excluding ortho intramolecular Hbond substituents is 1. The standard InChI is InChI=1S/C18H23NO2/c1-13-9-10-17(20)15(11-13)12-19(3)14(2)16-7-5-6-8-18(16)21-4/h5-11,14,20H,12H2,1-4H3/t14-/m0/s1. The van der Waals surface area contributed by atoms with Crippen LogP contribution in [0.15, 0.2) is 42.5 Å². The van der Waals surface area contributed by atoms with Crippen molar-refractivity contribution in [3.63, 3.8) is 0 Å². The van der Waals surface area contributed by atoms with Crippen LogP contribution in [0.5, 0.6) is 11.5 Å². The molecule has 0 saturated carbocycles. The van der Waals surface area contributed by atoms with E-state index in [0.717, 1.165) is 22.4 Å². The molecule has 0 fully saturated rings. The van der Waals surface area contributed by atoms with Gasteiger partial charge in [0.25, 0.3) is 0 Å². The normalized spacial score (nSPS) is 12.4. The summed E-state index contributed by atoms with van der Waals surface area (Å²) in [5.41, 5.74) is 3.25. The first-order valence-electron chi connectivity index (χ1n) is 7.14. The summed E-state index contributed by atoms with van der Waals surface area (Å²) in [6, 6.07) is 13.9. The number of hydrogen-bond donors (Lipinski definition) is 1. The van der Waals surface area contributed by atoms with Crippen LogP contribution in [0.4, 0.5) is 0 Å². The molecular formula is C18H23NO2. The zero-order chi connectivity index (χ0) is 15.4. The van der Waals surface area contributed by atoms with E-state index >= 15 is 0 Å². The molecular weight excluding hydrogens is 262 g/mol. The summed E-state index contributed by atoms with van der Waals surface area (Å²) in [4.78, 5) is 2.20. The summed E-state index contributed by atoms with van der Waals surface area (Å²) in [7, 11) is 3.75. The fraction of sp³-hybridized carbons (Fsp3) is 0.333. The summed E-state index contributed by atoms with van der Waals surface area (Å²) in [5.74, 6) is 1.24. The molecule has 3 heteroatoms. The van der Waals surface area contributed by atoms with Crippen LogP contribution in [0.2, 0.25) is 0 Å². The average Bonchev–Trinajstić information content (AvgIpc) is 2.50. The van der Waals surface area contributed by atoms with E-state index in [1.165, 1.54) is 0 Å². The van der Waals surface area contributed by atoms with E-state index < -0.39 is 0 Å². The van der Waals surface area contributed by atoms with E-state index in [4.69, 9.17) is 4.74 Å². The Hall–Kier alpha value is -2.00. The Labute approximate surface area is 126 Å². The molecule has 0 aliphatic heterocycles. The van der Waals surface area contributed by atoms with Crippen LogP contribution in [0.25, 0.3) is 0 Å². The fourth-order valence-corrected chi connectivity index (χ4v) is 2.50. The molecule has 1 atom stereocenters. The maximum Gasteiger partial charge on any atom is 0.123 e. The SMILES string of the molecule is COc1ccccc1[C@H](C)N(C)Cc1cc(C)ccc1O. The van der Waals surface area contributed by atoms with Crippen molar-refractivity contribution in [3.8, 4) is 11.5 Å². The first-order chi connectivity index (χ1) is 10.0. The van der Waals surface area contributed by atoms with Gasteiger partial charge in [-0.2, -0.15) is 0 Å². The van der Waals surface area contributed by atoms with Gasteiger partial charge >= 0.3 is 0 Å². The lowest BCUT2D eigenvalue weighted by Gasteiger charge is -2.26. The Kier molecular flexibility index (Phi) is 4.86. The van der Waals surface area contributed by atoms with Crippen LogP contribution in [0.3, 0.4) is 0 Å². The van der Waals surface area contributed by atoms with Gasteiger partial charge in [-0.3, -0.25) is 4.90 Å². The van der Waals surface area contributed by atoms with Crippen molar-refractivity contribution in [2.24, 2.45) is 0 Å². The number of benzene rings is 2. The number of para-hydroxylation sites is 1. The minimum Gasteiger partial charge on any atom is -0.508 e. The van der Waals surface area contributed by atoms with Gasteiger partial charge < -0.3 is 9.84 Å². The van der Waals surface area contributed by atoms with Crippen molar-refractivity contribution in [2.45, 2.75) is 26.4 Å². The molecule has 112 valence electrons. The van der Waals surface area contributed by atoms with E-state index in [1.807, 2.05) is 37.3 Å². The molecule has 3 nitrogen and oxygen atoms in total. The molecule has 0 aromatic heterocycles. The summed E-state index contributed by atoms with van der Waals surface area (Å²) < 4.78 is 5.43. The Morgan fingerprint density at radius 2 is 1.90 bits per heavy atom. The van der Waals surface area contributed by atoms with Gasteiger partial charge in [0.2, 0.25) is 0 Å². The summed E-state index contributed by atoms with van der Waals surface area (Å²) in [6.45, 7) is 4.87. The molecule has 0 aliphatic rings. The van der Waals surface area contributed by atoms with Crippen molar-refractivity contribution in [1.29, 1.82) is 0 Å². The van der Waals surface area contributed by atoms with Crippen LogP contribution in [-0.2, 0) is 6.54 Å². The van der Waals surface area contributed by atoms with Gasteiger partial charge in [0.05, 0.1) is 7.11 Å². The van der Waals surface area contributed by atoms with Crippen LogP contribution in [0.1, 0.15) is 29.7 Å². The van der Waals surface area contributed by atoms with Crippen molar-refractivity contribution >= 4 is 0 Å². The molecule has 2 rings (SSSR count). The number of aryl methyl sites for hydroxylation is 1. The number of nitrogens with zero attached hydrogens (tertiary/aromatic N) is 1. The number of hydrogen-bond acceptors (Lipinski definition) is 3. The second-order valence-corrected chi connectivity index (χ2v) is 5.47. The lowest BCUT2D eigenvalue weighted by atomic mass is 10.0. The van der Waals surface area contributed by atoms with Crippen molar-refractivity contribution in [1.82, 2.24) is 4.90 Å². The molecule has 1 N–H and O–H groups in total. The number of aromatic hydroxyl groups is 1. The summed E-state index contributed by atoms with van der Waals surface area (Å²) >= 11 is 0. The predicted molar refractivity (Wildman–Crippen MR) is 85.7 cm³/mol. The Morgan fingerprint density at radius 3 is 2.62 bits per heavy atom. The van der Waals surface area contributed by atoms with Gasteiger partial charge in [-0.05, 0) is 33.0 Å². The van der Waals surface area contributed by atoms with E-state index in [-0.39, 0.29) is 6.04 Å². The zero-order valence-electron chi connectivity index (χ0n) is 13.1. The van der Waals surface area contributed by atoms with Crippen molar-refractivity contribution < 1.29 is 9.84 Å². The molecule has 0 amide bonds. The second-order valence-electron chi connectivity index (χ2n) is 5.47. The first-order valence-corrected chi connectivity index (χ1v) is 7.14. The molecule has 0 saturated heterocycles. The molecule has 0 spiro atoms. The molecule has 21 heavy (non-hydrogen) atoms. The lowest BCUT2D eigenvalue weighted by Crippen LogP contribution is -2.22. The number of ether oxygens (including phenoxy) is 1. The zero-order valence-corrected chi connectivity index (χ0v) is 13.1. The second kappa shape index (κ2) is 6.64. The highest BCUT2D eigenvalue weighted by Crippen LogP contribution is 2.30. The molecule has 0 unspecified atom stereocenters. The largest absolute Gasteiger partial charge is 0.508 e. The topological polar surface area (TPSA) is 32.7 Å². The molecule has 0 aliphatic carbocycles. The maximum atomic E-state index is 9.99. The molecule has 2 aromatic rings. The van der Waals surface area contributed by atoms with E-state index in [0.29, 0.717) is 12.3 Å². The maximum absolute atomic E-state index is 9.99. The number of rotatable bonds is 5. The smallest absolute Gasteiger partial charge is 0.123 e. The lowest BCUT2D eigenvalue weighted by molar-refractivity contribution is 0.244. The van der Waals surface area contributed by atoms with Crippen LogP contribution >= 0.6 is 0 Å². The average molecular weight is 285 g/mol. The fourth-order valence-electron chi connectivity index (χ4n) is 2.50. The molecule has 0 heterocycles. The molecule has 0 radical (unpaired) electrons. The van der Waals surface area contributed by atoms with E-state index in [9.17, 15) is 5.11 Å². The van der Waals surface area contributed by atoms with Gasteiger partial charge in [-0.25, -0.2) is 0 Å². The Balaban J connectivity index is 2.19. The predicted octanol–water partition coefficient (Wildman–Crippen LogP) is 3.90. The van der Waals surface area contributed by atoms with Gasteiger partial charge in [-0.1, -0.05) is 35.9 Å². The highest BCUT2D eigenvalue weighted by Gasteiger charge is 2.17. The number of methoxy groups -OCH3 is 1. The van der Waals surface area contributed by atoms with Crippen LogP contribution in [0, 0.1) is 6.92 Å². The quantitative estimate of drug-likeness (QED) is 0.904. The van der Waals surface area contributed by atoms with Gasteiger partial charge in [0, 0.05) is 23.7 Å². The minimum atomic E-state index is 0.195. The minimum absolute atomic E-state index is 0.195. The Bertz CT molecular complexity index is 610. The van der Waals surface area contributed by atoms with E-state index in [2.05, 4.69) is 24.9 Å². The third-order valence-corrected chi connectivity index (χ3v) is 3.90. The molecule has 0 bridgehead atoms. The van der Waals surface area contributed by atoms with Crippen molar-refractivity contribution in [3.05, 3.63) is 59.2 Å². The highest BCUT2D eigenvalue weighted by molar-refractivity contribution is 5.37. The monoisotopic (exact) mass is 285 g/mol. The van der Waals surface area contributed by atoms with Crippen LogP contribution < -0.4 is 4.74 Å². The summed E-state index contributed by atoms with van der Waals surface area (Å²) in [5, 5.41) is 9.99. The van der Waals surface area contributed by atoms with Crippen LogP contribution in [-0.4, -0.2) is 24.2 Å².